The second-order valence-electron chi connectivity index (χ2n) is 21.0. The first-order valence-electron chi connectivity index (χ1n) is 28.1. The highest BCUT2D eigenvalue weighted by molar-refractivity contribution is 7.98. The average Bonchev–Trinajstić information content (AvgIpc) is 1.63. The fourth-order valence-electron chi connectivity index (χ4n) is 9.82. The van der Waals surface area contributed by atoms with Crippen LogP contribution < -0.4 is 16.4 Å². The van der Waals surface area contributed by atoms with Crippen molar-refractivity contribution in [2.24, 2.45) is 0 Å². The molecule has 0 saturated heterocycles. The number of benzene rings is 6. The SMILES string of the molecule is CSc1nc(Cl)cc(-n2c(C)nc3ccc(Cl)cc32)n1.Cc1ccc(Nc2nc(Cl)cc(-n3c(C)nc4ccc(Cl)cc43)n2)cc1.Cc1ccc(Nc2nc(N)cc(-n3c(C)nc4ccc(Cl)cc43)n2)cc1.Cc1nc2ccc(Cl)cc2n1-c1cc(Cl)nc(S(C)(=O)=O)n1. The van der Waals surface area contributed by atoms with Crippen molar-refractivity contribution in [3.63, 3.8) is 0 Å². The molecule has 0 amide bonds. The molecule has 94 heavy (non-hydrogen) atoms. The van der Waals surface area contributed by atoms with E-state index in [0.717, 1.165) is 73.7 Å². The Kier molecular flexibility index (Phi) is 19.9. The van der Waals surface area contributed by atoms with Gasteiger partial charge in [-0.15, -0.1) is 0 Å². The summed E-state index contributed by atoms with van der Waals surface area (Å²) in [7, 11) is -3.58. The molecule has 0 spiro atoms. The molecule has 0 aliphatic carbocycles. The minimum absolute atomic E-state index is 0.0358. The largest absolute Gasteiger partial charge is 0.383 e. The number of aryl methyl sites for hydroxylation is 6. The standard InChI is InChI=1S/C19H15Cl2N5.C19H17ClN6.C13H10Cl2N4O2S.C13H10Cl2N4S/c2*1-11-3-6-14(7-4-11)23-19-24-17(21)10-18(25-19)26-12(2)22-15-8-5-13(20)9-16(15)26;1-7-16-9-4-3-8(14)5-10(9)19(7)12-6-11(15)17-13(18-12)22(2,20)21;1-7-16-9-4-3-8(14)5-10(9)19(7)12-6-11(15)17-13(18-12)20-2/h3-10H,1-2H3,(H,23,24,25);3-10H,1-2H3,(H3,21,23,24,25);3-6H,1-2H3;3-6H,1-2H3. The van der Waals surface area contributed by atoms with Crippen LogP contribution in [0, 0.1) is 41.5 Å². The highest BCUT2D eigenvalue weighted by atomic mass is 35.5. The lowest BCUT2D eigenvalue weighted by Crippen LogP contribution is -2.09. The Balaban J connectivity index is 0.000000129. The van der Waals surface area contributed by atoms with E-state index in [-0.39, 0.29) is 10.3 Å². The Bertz CT molecular complexity index is 5140. The first-order valence-corrected chi connectivity index (χ1v) is 33.9. The summed E-state index contributed by atoms with van der Waals surface area (Å²) in [6.45, 7) is 11.6. The van der Waals surface area contributed by atoms with Crippen molar-refractivity contribution in [2.45, 2.75) is 51.9 Å². The molecule has 6 aromatic carbocycles. The van der Waals surface area contributed by atoms with Gasteiger partial charge in [0.05, 0.1) is 44.1 Å². The van der Waals surface area contributed by atoms with Gasteiger partial charge >= 0.3 is 0 Å². The summed E-state index contributed by atoms with van der Waals surface area (Å²) in [5, 5.41) is 9.91. The fraction of sp³-hybridized carbons (Fsp3) is 0.125. The van der Waals surface area contributed by atoms with E-state index in [4.69, 9.17) is 86.9 Å². The van der Waals surface area contributed by atoms with Gasteiger partial charge in [0.15, 0.2) is 5.16 Å². The monoisotopic (exact) mass is 1430 g/mol. The maximum atomic E-state index is 11.7. The number of nitrogens with one attached hydrogen (secondary N) is 2. The summed E-state index contributed by atoms with van der Waals surface area (Å²) in [4.78, 5) is 52.3. The van der Waals surface area contributed by atoms with Crippen LogP contribution in [0.3, 0.4) is 0 Å². The molecule has 0 aliphatic rings. The zero-order valence-electron chi connectivity index (χ0n) is 50.9. The van der Waals surface area contributed by atoms with Crippen molar-refractivity contribution < 1.29 is 8.42 Å². The van der Waals surface area contributed by atoms with E-state index in [9.17, 15) is 8.42 Å². The van der Waals surface area contributed by atoms with Gasteiger partial charge in [0.1, 0.15) is 67.8 Å². The van der Waals surface area contributed by atoms with Crippen LogP contribution in [-0.2, 0) is 9.84 Å². The van der Waals surface area contributed by atoms with Crippen LogP contribution in [0.2, 0.25) is 35.5 Å². The molecule has 0 saturated carbocycles. The van der Waals surface area contributed by atoms with Crippen LogP contribution in [0.1, 0.15) is 34.4 Å². The average molecular weight is 1430 g/mol. The molecule has 0 fully saturated rings. The van der Waals surface area contributed by atoms with E-state index >= 15 is 0 Å². The minimum Gasteiger partial charge on any atom is -0.383 e. The number of hydrogen-bond acceptors (Lipinski definition) is 18. The molecule has 30 heteroatoms. The molecule has 8 aromatic heterocycles. The van der Waals surface area contributed by atoms with Crippen molar-refractivity contribution in [1.82, 2.24) is 78.1 Å². The molecule has 0 aliphatic heterocycles. The van der Waals surface area contributed by atoms with Gasteiger partial charge in [0, 0.05) is 62.0 Å². The van der Waals surface area contributed by atoms with E-state index in [0.29, 0.717) is 87.9 Å². The highest BCUT2D eigenvalue weighted by Crippen LogP contribution is 2.31. The first kappa shape index (κ1) is 66.7. The van der Waals surface area contributed by atoms with Gasteiger partial charge in [-0.2, -0.15) is 15.0 Å². The van der Waals surface area contributed by atoms with Crippen LogP contribution in [-0.4, -0.2) is 99.0 Å². The van der Waals surface area contributed by atoms with Crippen LogP contribution >= 0.6 is 93.0 Å². The van der Waals surface area contributed by atoms with E-state index < -0.39 is 9.84 Å². The van der Waals surface area contributed by atoms with Gasteiger partial charge in [0.25, 0.3) is 0 Å². The van der Waals surface area contributed by atoms with Crippen LogP contribution in [0.25, 0.3) is 67.4 Å². The first-order chi connectivity index (χ1) is 44.8. The third kappa shape index (κ3) is 15.4. The second-order valence-corrected chi connectivity index (χ2v) is 26.6. The van der Waals surface area contributed by atoms with Crippen molar-refractivity contribution >= 4 is 176 Å². The van der Waals surface area contributed by atoms with Crippen molar-refractivity contribution in [3.05, 3.63) is 216 Å². The normalized spacial score (nSPS) is 11.3. The molecular formula is C64H52Cl7N19O2S2. The molecule has 8 heterocycles. The van der Waals surface area contributed by atoms with Crippen molar-refractivity contribution in [3.8, 4) is 23.3 Å². The number of halogens is 7. The number of nitrogens with two attached hydrogens (primary N) is 1. The quantitative estimate of drug-likeness (QED) is 0.0653. The summed E-state index contributed by atoms with van der Waals surface area (Å²) >= 11 is 44.1. The maximum absolute atomic E-state index is 11.7. The van der Waals surface area contributed by atoms with Gasteiger partial charge < -0.3 is 16.4 Å². The third-order valence-corrected chi connectivity index (χ3v) is 16.8. The Hall–Kier alpha value is -8.75. The number of sulfone groups is 1. The molecular weight excluding hydrogens is 1380 g/mol. The van der Waals surface area contributed by atoms with Gasteiger partial charge in [-0.25, -0.2) is 53.3 Å². The molecule has 0 unspecified atom stereocenters. The fourth-order valence-corrected chi connectivity index (χ4v) is 12.0. The van der Waals surface area contributed by atoms with Crippen LogP contribution in [0.5, 0.6) is 0 Å². The third-order valence-electron chi connectivity index (χ3n) is 13.9. The summed E-state index contributed by atoms with van der Waals surface area (Å²) < 4.78 is 30.8. The van der Waals surface area contributed by atoms with Gasteiger partial charge in [0.2, 0.25) is 26.9 Å². The van der Waals surface area contributed by atoms with E-state index in [2.05, 4.69) is 70.4 Å². The lowest BCUT2D eigenvalue weighted by Gasteiger charge is -2.11. The number of fused-ring (bicyclic) bond motifs is 4. The van der Waals surface area contributed by atoms with Crippen molar-refractivity contribution in [1.29, 1.82) is 0 Å². The number of nitrogens with zero attached hydrogens (tertiary/aromatic N) is 16. The molecule has 0 radical (unpaired) electrons. The molecule has 14 aromatic rings. The van der Waals surface area contributed by atoms with Crippen LogP contribution in [0.4, 0.5) is 29.1 Å². The number of nitrogen functional groups attached to an aromatic ring is 1. The Labute approximate surface area is 577 Å². The Morgan fingerprint density at radius 1 is 0.383 bits per heavy atom. The number of imidazole rings is 4. The lowest BCUT2D eigenvalue weighted by molar-refractivity contribution is 0.592. The lowest BCUT2D eigenvalue weighted by atomic mass is 10.2. The second kappa shape index (κ2) is 28.1. The summed E-state index contributed by atoms with van der Waals surface area (Å²) in [6.07, 6.45) is 2.93. The predicted molar refractivity (Wildman–Crippen MR) is 379 cm³/mol. The number of thioether (sulfide) groups is 1. The number of rotatable bonds is 10. The summed E-state index contributed by atoms with van der Waals surface area (Å²) in [5.74, 6) is 6.52. The zero-order chi connectivity index (χ0) is 66.9. The number of aromatic nitrogens is 16. The number of anilines is 5. The number of hydrogen-bond donors (Lipinski definition) is 3. The molecule has 0 atom stereocenters. The summed E-state index contributed by atoms with van der Waals surface area (Å²) in [6, 6.07) is 44.5. The smallest absolute Gasteiger partial charge is 0.250 e. The van der Waals surface area contributed by atoms with Gasteiger partial charge in [-0.1, -0.05) is 128 Å². The predicted octanol–water partition coefficient (Wildman–Crippen LogP) is 16.9. The molecule has 4 N–H and O–H groups in total. The van der Waals surface area contributed by atoms with Gasteiger partial charge in [-0.3, -0.25) is 18.3 Å². The Morgan fingerprint density at radius 3 is 1.09 bits per heavy atom. The topological polar surface area (TPSA) is 259 Å². The van der Waals surface area contributed by atoms with E-state index in [1.54, 1.807) is 47.9 Å². The van der Waals surface area contributed by atoms with Gasteiger partial charge in [-0.05, 0) is 145 Å². The molecule has 14 rings (SSSR count). The maximum Gasteiger partial charge on any atom is 0.250 e. The molecule has 476 valence electrons. The Morgan fingerprint density at radius 2 is 0.713 bits per heavy atom. The zero-order valence-corrected chi connectivity index (χ0v) is 57.8. The molecule has 0 bridgehead atoms. The summed E-state index contributed by atoms with van der Waals surface area (Å²) in [5.41, 5.74) is 16.8. The van der Waals surface area contributed by atoms with E-state index in [1.165, 1.54) is 29.0 Å². The van der Waals surface area contributed by atoms with Crippen LogP contribution in [0.15, 0.2) is 156 Å². The minimum atomic E-state index is -3.58. The molecule has 21 nitrogen and oxygen atoms in total. The highest BCUT2D eigenvalue weighted by Gasteiger charge is 2.20. The van der Waals surface area contributed by atoms with Crippen molar-refractivity contribution in [2.75, 3.05) is 28.9 Å². The van der Waals surface area contributed by atoms with E-state index in [1.807, 2.05) is 158 Å².